The summed E-state index contributed by atoms with van der Waals surface area (Å²) in [6.07, 6.45) is 0.346. The van der Waals surface area contributed by atoms with Crippen LogP contribution in [0.1, 0.15) is 16.8 Å². The lowest BCUT2D eigenvalue weighted by Crippen LogP contribution is -2.40. The van der Waals surface area contributed by atoms with Gasteiger partial charge in [-0.3, -0.25) is 9.69 Å². The van der Waals surface area contributed by atoms with Crippen LogP contribution in [0, 0.1) is 0 Å². The number of hydrogen-bond donors (Lipinski definition) is 2. The van der Waals surface area contributed by atoms with Gasteiger partial charge in [0, 0.05) is 39.1 Å². The van der Waals surface area contributed by atoms with Crippen LogP contribution in [0.4, 0.5) is 5.69 Å². The molecule has 7 nitrogen and oxygen atoms in total. The number of esters is 1. The monoisotopic (exact) mass is 335 g/mol. The second-order valence-corrected chi connectivity index (χ2v) is 5.54. The van der Waals surface area contributed by atoms with E-state index in [1.807, 2.05) is 0 Å². The van der Waals surface area contributed by atoms with Crippen LogP contribution in [0.2, 0.25) is 0 Å². The van der Waals surface area contributed by atoms with Crippen LogP contribution in [0.3, 0.4) is 0 Å². The highest BCUT2D eigenvalue weighted by atomic mass is 16.5. The van der Waals surface area contributed by atoms with Gasteiger partial charge in [-0.05, 0) is 12.1 Å². The Kier molecular flexibility index (Phi) is 7.67. The van der Waals surface area contributed by atoms with Gasteiger partial charge in [0.2, 0.25) is 5.91 Å². The molecule has 132 valence electrons. The minimum Gasteiger partial charge on any atom is -0.465 e. The molecule has 0 saturated carbocycles. The summed E-state index contributed by atoms with van der Waals surface area (Å²) in [4.78, 5) is 26.0. The van der Waals surface area contributed by atoms with Crippen molar-refractivity contribution in [2.24, 2.45) is 0 Å². The summed E-state index contributed by atoms with van der Waals surface area (Å²) in [6.45, 7) is 5.90. The van der Waals surface area contributed by atoms with Gasteiger partial charge in [0.25, 0.3) is 0 Å². The first-order valence-corrected chi connectivity index (χ1v) is 8.18. The van der Waals surface area contributed by atoms with Gasteiger partial charge in [-0.1, -0.05) is 12.1 Å². The van der Waals surface area contributed by atoms with E-state index in [2.05, 4.69) is 15.5 Å². The summed E-state index contributed by atoms with van der Waals surface area (Å²) < 4.78 is 10.0. The summed E-state index contributed by atoms with van der Waals surface area (Å²) in [5.41, 5.74) is 0.830. The number of anilines is 1. The van der Waals surface area contributed by atoms with Crippen LogP contribution < -0.4 is 10.6 Å². The Morgan fingerprint density at radius 3 is 2.71 bits per heavy atom. The van der Waals surface area contributed by atoms with Crippen molar-refractivity contribution in [3.05, 3.63) is 29.8 Å². The molecule has 0 bridgehead atoms. The van der Waals surface area contributed by atoms with E-state index in [0.717, 1.165) is 39.4 Å². The van der Waals surface area contributed by atoms with Gasteiger partial charge in [-0.2, -0.15) is 0 Å². The number of rotatable bonds is 8. The Morgan fingerprint density at radius 1 is 1.21 bits per heavy atom. The van der Waals surface area contributed by atoms with Crippen molar-refractivity contribution in [2.45, 2.75) is 6.42 Å². The average molecular weight is 335 g/mol. The summed E-state index contributed by atoms with van der Waals surface area (Å²) >= 11 is 0. The van der Waals surface area contributed by atoms with E-state index < -0.39 is 5.97 Å². The van der Waals surface area contributed by atoms with E-state index in [9.17, 15) is 9.59 Å². The first kappa shape index (κ1) is 18.4. The highest BCUT2D eigenvalue weighted by Crippen LogP contribution is 2.16. The van der Waals surface area contributed by atoms with Crippen LogP contribution in [-0.4, -0.2) is 69.8 Å². The fraction of sp³-hybridized carbons (Fsp3) is 0.529. The normalized spacial score (nSPS) is 15.0. The molecule has 1 heterocycles. The molecule has 0 radical (unpaired) electrons. The van der Waals surface area contributed by atoms with Crippen molar-refractivity contribution in [3.8, 4) is 0 Å². The zero-order valence-corrected chi connectivity index (χ0v) is 14.0. The first-order valence-electron chi connectivity index (χ1n) is 8.18. The second kappa shape index (κ2) is 10.0. The minimum atomic E-state index is -0.463. The molecule has 0 atom stereocenters. The number of nitrogens with one attached hydrogen (secondary N) is 2. The molecule has 1 aromatic rings. The molecule has 24 heavy (non-hydrogen) atoms. The van der Waals surface area contributed by atoms with E-state index in [1.165, 1.54) is 7.11 Å². The molecular formula is C17H25N3O4. The molecule has 0 unspecified atom stereocenters. The summed E-state index contributed by atoms with van der Waals surface area (Å²) in [6, 6.07) is 6.82. The molecular weight excluding hydrogens is 310 g/mol. The van der Waals surface area contributed by atoms with Crippen LogP contribution >= 0.6 is 0 Å². The lowest BCUT2D eigenvalue weighted by Gasteiger charge is -2.26. The second-order valence-electron chi connectivity index (χ2n) is 5.54. The molecule has 1 aliphatic rings. The molecule has 0 spiro atoms. The number of ether oxygens (including phenoxy) is 2. The average Bonchev–Trinajstić information content (AvgIpc) is 2.62. The van der Waals surface area contributed by atoms with Gasteiger partial charge in [-0.25, -0.2) is 4.79 Å². The smallest absolute Gasteiger partial charge is 0.339 e. The Morgan fingerprint density at radius 2 is 1.96 bits per heavy atom. The molecule has 1 saturated heterocycles. The number of carbonyl (C=O) groups is 2. The number of amides is 1. The zero-order valence-electron chi connectivity index (χ0n) is 14.0. The third-order valence-electron chi connectivity index (χ3n) is 3.84. The Hall–Kier alpha value is -1.96. The molecule has 0 aliphatic carbocycles. The number of benzene rings is 1. The van der Waals surface area contributed by atoms with Crippen molar-refractivity contribution in [2.75, 3.05) is 58.4 Å². The van der Waals surface area contributed by atoms with Crippen molar-refractivity contribution in [1.29, 1.82) is 0 Å². The first-order chi connectivity index (χ1) is 11.7. The molecule has 1 fully saturated rings. The van der Waals surface area contributed by atoms with Gasteiger partial charge < -0.3 is 20.1 Å². The number of methoxy groups -OCH3 is 1. The van der Waals surface area contributed by atoms with Crippen molar-refractivity contribution in [1.82, 2.24) is 10.2 Å². The van der Waals surface area contributed by atoms with Crippen LogP contribution in [0.5, 0.6) is 0 Å². The number of hydrogen-bond acceptors (Lipinski definition) is 6. The number of carbonyl (C=O) groups excluding carboxylic acids is 2. The highest BCUT2D eigenvalue weighted by Gasteiger charge is 2.13. The molecule has 1 amide bonds. The van der Waals surface area contributed by atoms with Crippen LogP contribution in [-0.2, 0) is 14.3 Å². The quantitative estimate of drug-likeness (QED) is 0.538. The molecule has 1 aromatic carbocycles. The van der Waals surface area contributed by atoms with E-state index in [0.29, 0.717) is 24.2 Å². The lowest BCUT2D eigenvalue weighted by molar-refractivity contribution is -0.116. The lowest BCUT2D eigenvalue weighted by atomic mass is 10.1. The zero-order chi connectivity index (χ0) is 17.2. The van der Waals surface area contributed by atoms with Crippen molar-refractivity contribution < 1.29 is 19.1 Å². The van der Waals surface area contributed by atoms with E-state index in [4.69, 9.17) is 9.47 Å². The van der Waals surface area contributed by atoms with Gasteiger partial charge in [0.15, 0.2) is 0 Å². The van der Waals surface area contributed by atoms with E-state index in [-0.39, 0.29) is 5.91 Å². The predicted molar refractivity (Wildman–Crippen MR) is 91.2 cm³/mol. The fourth-order valence-electron chi connectivity index (χ4n) is 2.48. The SMILES string of the molecule is COC(=O)c1ccccc1NC(=O)CCNCCN1CCOCC1. The van der Waals surface area contributed by atoms with Gasteiger partial charge in [0.05, 0.1) is 31.6 Å². The Bertz CT molecular complexity index is 544. The summed E-state index contributed by atoms with van der Waals surface area (Å²) in [7, 11) is 1.32. The van der Waals surface area contributed by atoms with Gasteiger partial charge >= 0.3 is 5.97 Å². The van der Waals surface area contributed by atoms with Crippen molar-refractivity contribution >= 4 is 17.6 Å². The van der Waals surface area contributed by atoms with Gasteiger partial charge in [0.1, 0.15) is 0 Å². The number of morpholine rings is 1. The highest BCUT2D eigenvalue weighted by molar-refractivity contribution is 6.01. The summed E-state index contributed by atoms with van der Waals surface area (Å²) in [5, 5.41) is 6.02. The maximum absolute atomic E-state index is 12.0. The maximum Gasteiger partial charge on any atom is 0.339 e. The number of nitrogens with zero attached hydrogens (tertiary/aromatic N) is 1. The van der Waals surface area contributed by atoms with E-state index >= 15 is 0 Å². The fourth-order valence-corrected chi connectivity index (χ4v) is 2.48. The Balaban J connectivity index is 1.67. The molecule has 2 rings (SSSR count). The number of para-hydroxylation sites is 1. The predicted octanol–water partition coefficient (Wildman–Crippen LogP) is 0.724. The summed E-state index contributed by atoms with van der Waals surface area (Å²) in [5.74, 6) is -0.597. The van der Waals surface area contributed by atoms with Crippen LogP contribution in [0.15, 0.2) is 24.3 Å². The molecule has 1 aliphatic heterocycles. The van der Waals surface area contributed by atoms with Gasteiger partial charge in [-0.15, -0.1) is 0 Å². The molecule has 7 heteroatoms. The third-order valence-corrected chi connectivity index (χ3v) is 3.84. The minimum absolute atomic E-state index is 0.134. The topological polar surface area (TPSA) is 79.9 Å². The molecule has 2 N–H and O–H groups in total. The van der Waals surface area contributed by atoms with E-state index in [1.54, 1.807) is 24.3 Å². The Labute approximate surface area is 142 Å². The standard InChI is InChI=1S/C17H25N3O4/c1-23-17(22)14-4-2-3-5-15(14)19-16(21)6-7-18-8-9-20-10-12-24-13-11-20/h2-5,18H,6-13H2,1H3,(H,19,21). The largest absolute Gasteiger partial charge is 0.465 e. The molecule has 0 aromatic heterocycles. The maximum atomic E-state index is 12.0. The van der Waals surface area contributed by atoms with Crippen molar-refractivity contribution in [3.63, 3.8) is 0 Å². The van der Waals surface area contributed by atoms with Crippen LogP contribution in [0.25, 0.3) is 0 Å². The third kappa shape index (κ3) is 5.92.